The van der Waals surface area contributed by atoms with Crippen LogP contribution in [0.25, 0.3) is 0 Å². The summed E-state index contributed by atoms with van der Waals surface area (Å²) in [4.78, 5) is 7.04. The fourth-order valence-electron chi connectivity index (χ4n) is 2.72. The van der Waals surface area contributed by atoms with E-state index in [2.05, 4.69) is 72.0 Å². The zero-order valence-corrected chi connectivity index (χ0v) is 16.2. The molecule has 142 valence electrons. The second-order valence-electron chi connectivity index (χ2n) is 6.58. The van der Waals surface area contributed by atoms with E-state index in [9.17, 15) is 0 Å². The third-order valence-electron chi connectivity index (χ3n) is 4.26. The standard InChI is InChI=1S/C20H32N6/c1-4-21-20(22-12-8-14-26-15-9-13-24-26)23-17-19(25(2)3)16-18-10-6-5-7-11-18/h5-7,9-11,13,15,19H,4,8,12,14,16-17H2,1-3H3,(H2,21,22,23). The highest BCUT2D eigenvalue weighted by atomic mass is 15.3. The van der Waals surface area contributed by atoms with Gasteiger partial charge in [0.15, 0.2) is 5.96 Å². The van der Waals surface area contributed by atoms with Gasteiger partial charge in [0.05, 0.1) is 6.54 Å². The predicted octanol–water partition coefficient (Wildman–Crippen LogP) is 2.00. The van der Waals surface area contributed by atoms with Crippen LogP contribution < -0.4 is 10.6 Å². The quantitative estimate of drug-likeness (QED) is 0.388. The van der Waals surface area contributed by atoms with E-state index >= 15 is 0 Å². The number of likely N-dealkylation sites (N-methyl/N-ethyl adjacent to an activating group) is 1. The summed E-state index contributed by atoms with van der Waals surface area (Å²) in [7, 11) is 4.24. The van der Waals surface area contributed by atoms with Crippen molar-refractivity contribution >= 4 is 5.96 Å². The van der Waals surface area contributed by atoms with E-state index in [1.54, 1.807) is 0 Å². The van der Waals surface area contributed by atoms with E-state index in [0.29, 0.717) is 6.04 Å². The zero-order chi connectivity index (χ0) is 18.6. The lowest BCUT2D eigenvalue weighted by Crippen LogP contribution is -2.40. The van der Waals surface area contributed by atoms with Crippen LogP contribution in [-0.4, -0.2) is 60.4 Å². The van der Waals surface area contributed by atoms with Gasteiger partial charge in [0.1, 0.15) is 0 Å². The zero-order valence-electron chi connectivity index (χ0n) is 16.2. The number of aromatic nitrogens is 2. The second-order valence-corrected chi connectivity index (χ2v) is 6.58. The Morgan fingerprint density at radius 3 is 2.65 bits per heavy atom. The number of aryl methyl sites for hydroxylation is 1. The van der Waals surface area contributed by atoms with Gasteiger partial charge in [-0.1, -0.05) is 30.3 Å². The van der Waals surface area contributed by atoms with Crippen molar-refractivity contribution < 1.29 is 0 Å². The summed E-state index contributed by atoms with van der Waals surface area (Å²) in [5.41, 5.74) is 1.35. The van der Waals surface area contributed by atoms with Crippen LogP contribution >= 0.6 is 0 Å². The maximum absolute atomic E-state index is 4.80. The molecule has 0 aliphatic carbocycles. The molecule has 1 aromatic carbocycles. The van der Waals surface area contributed by atoms with Crippen molar-refractivity contribution in [1.82, 2.24) is 25.3 Å². The van der Waals surface area contributed by atoms with E-state index in [0.717, 1.165) is 45.0 Å². The van der Waals surface area contributed by atoms with Gasteiger partial charge < -0.3 is 15.5 Å². The number of hydrogen-bond acceptors (Lipinski definition) is 3. The Kier molecular flexibility index (Phi) is 8.69. The average molecular weight is 357 g/mol. The van der Waals surface area contributed by atoms with E-state index in [-0.39, 0.29) is 0 Å². The summed E-state index contributed by atoms with van der Waals surface area (Å²) in [5.74, 6) is 0.882. The van der Waals surface area contributed by atoms with Crippen molar-refractivity contribution in [3.05, 3.63) is 54.4 Å². The predicted molar refractivity (Wildman–Crippen MR) is 108 cm³/mol. The van der Waals surface area contributed by atoms with Crippen LogP contribution in [0.5, 0.6) is 0 Å². The monoisotopic (exact) mass is 356 g/mol. The summed E-state index contributed by atoms with van der Waals surface area (Å²) in [6.45, 7) is 5.49. The Morgan fingerprint density at radius 1 is 1.19 bits per heavy atom. The van der Waals surface area contributed by atoms with Crippen LogP contribution in [0.4, 0.5) is 0 Å². The average Bonchev–Trinajstić information content (AvgIpc) is 3.16. The summed E-state index contributed by atoms with van der Waals surface area (Å²) < 4.78 is 1.95. The van der Waals surface area contributed by atoms with E-state index in [1.165, 1.54) is 5.56 Å². The Morgan fingerprint density at radius 2 is 2.00 bits per heavy atom. The number of hydrogen-bond donors (Lipinski definition) is 2. The van der Waals surface area contributed by atoms with Crippen LogP contribution in [-0.2, 0) is 13.0 Å². The highest BCUT2D eigenvalue weighted by Gasteiger charge is 2.12. The molecule has 0 aliphatic rings. The normalized spacial score (nSPS) is 13.0. The third-order valence-corrected chi connectivity index (χ3v) is 4.26. The molecule has 2 aromatic rings. The summed E-state index contributed by atoms with van der Waals surface area (Å²) >= 11 is 0. The third kappa shape index (κ3) is 7.27. The van der Waals surface area contributed by atoms with Gasteiger partial charge in [0, 0.05) is 38.1 Å². The number of rotatable bonds is 10. The van der Waals surface area contributed by atoms with Gasteiger partial charge in [-0.15, -0.1) is 0 Å². The van der Waals surface area contributed by atoms with Gasteiger partial charge >= 0.3 is 0 Å². The number of benzene rings is 1. The van der Waals surface area contributed by atoms with Gasteiger partial charge in [0.2, 0.25) is 0 Å². The summed E-state index contributed by atoms with van der Waals surface area (Å²) in [5, 5.41) is 11.0. The van der Waals surface area contributed by atoms with Crippen LogP contribution in [0.2, 0.25) is 0 Å². The lowest BCUT2D eigenvalue weighted by atomic mass is 10.1. The lowest BCUT2D eigenvalue weighted by Gasteiger charge is -2.23. The molecule has 2 N–H and O–H groups in total. The molecular weight excluding hydrogens is 324 g/mol. The molecule has 1 atom stereocenters. The highest BCUT2D eigenvalue weighted by molar-refractivity contribution is 5.79. The number of nitrogens with zero attached hydrogens (tertiary/aromatic N) is 4. The number of guanidine groups is 1. The number of aliphatic imine (C=N–C) groups is 1. The molecule has 2 rings (SSSR count). The molecule has 0 spiro atoms. The van der Waals surface area contributed by atoms with Crippen molar-refractivity contribution in [3.8, 4) is 0 Å². The van der Waals surface area contributed by atoms with Gasteiger partial charge in [-0.2, -0.15) is 5.10 Å². The molecule has 0 aliphatic heterocycles. The van der Waals surface area contributed by atoms with Crippen molar-refractivity contribution in [3.63, 3.8) is 0 Å². The summed E-state index contributed by atoms with van der Waals surface area (Å²) in [6.07, 6.45) is 5.81. The van der Waals surface area contributed by atoms with Crippen LogP contribution in [0.1, 0.15) is 18.9 Å². The molecule has 1 heterocycles. The second kappa shape index (κ2) is 11.3. The first-order valence-electron chi connectivity index (χ1n) is 9.39. The maximum atomic E-state index is 4.80. The minimum atomic E-state index is 0.372. The van der Waals surface area contributed by atoms with Gasteiger partial charge in [-0.3, -0.25) is 9.67 Å². The molecular formula is C20H32N6. The molecule has 6 nitrogen and oxygen atoms in total. The fraction of sp³-hybridized carbons (Fsp3) is 0.500. The summed E-state index contributed by atoms with van der Waals surface area (Å²) in [6, 6.07) is 12.9. The molecule has 26 heavy (non-hydrogen) atoms. The van der Waals surface area contributed by atoms with Crippen LogP contribution in [0.15, 0.2) is 53.8 Å². The van der Waals surface area contributed by atoms with Crippen molar-refractivity contribution in [2.75, 3.05) is 33.7 Å². The van der Waals surface area contributed by atoms with Gasteiger partial charge in [-0.25, -0.2) is 0 Å². The topological polar surface area (TPSA) is 57.5 Å². The number of nitrogens with one attached hydrogen (secondary N) is 2. The molecule has 0 radical (unpaired) electrons. The first-order valence-corrected chi connectivity index (χ1v) is 9.39. The molecule has 1 aromatic heterocycles. The maximum Gasteiger partial charge on any atom is 0.191 e. The molecule has 0 fully saturated rings. The Hall–Kier alpha value is -2.34. The lowest BCUT2D eigenvalue weighted by molar-refractivity contribution is 0.298. The van der Waals surface area contributed by atoms with Gasteiger partial charge in [-0.05, 0) is 45.5 Å². The molecule has 0 bridgehead atoms. The van der Waals surface area contributed by atoms with Crippen molar-refractivity contribution in [2.24, 2.45) is 4.99 Å². The Bertz CT molecular complexity index is 621. The van der Waals surface area contributed by atoms with E-state index in [1.807, 2.05) is 23.1 Å². The molecule has 6 heteroatoms. The van der Waals surface area contributed by atoms with Crippen LogP contribution in [0.3, 0.4) is 0 Å². The molecule has 0 saturated heterocycles. The van der Waals surface area contributed by atoms with Gasteiger partial charge in [0.25, 0.3) is 0 Å². The van der Waals surface area contributed by atoms with Crippen molar-refractivity contribution in [2.45, 2.75) is 32.4 Å². The SMILES string of the molecule is CCNC(=NCC(Cc1ccccc1)N(C)C)NCCCn1cccn1. The minimum absolute atomic E-state index is 0.372. The van der Waals surface area contributed by atoms with Crippen molar-refractivity contribution in [1.29, 1.82) is 0 Å². The highest BCUT2D eigenvalue weighted by Crippen LogP contribution is 2.07. The first-order chi connectivity index (χ1) is 12.7. The van der Waals surface area contributed by atoms with E-state index < -0.39 is 0 Å². The van der Waals surface area contributed by atoms with E-state index in [4.69, 9.17) is 4.99 Å². The Labute approximate surface area is 157 Å². The first kappa shape index (κ1) is 20.0. The smallest absolute Gasteiger partial charge is 0.191 e. The largest absolute Gasteiger partial charge is 0.357 e. The minimum Gasteiger partial charge on any atom is -0.357 e. The molecule has 1 unspecified atom stereocenters. The van der Waals surface area contributed by atoms with Crippen LogP contribution in [0, 0.1) is 0 Å². The molecule has 0 amide bonds. The molecule has 0 saturated carbocycles. The fourth-order valence-corrected chi connectivity index (χ4v) is 2.72. The Balaban J connectivity index is 1.83.